The number of thiazole rings is 1. The van der Waals surface area contributed by atoms with Crippen molar-refractivity contribution >= 4 is 33.4 Å². The lowest BCUT2D eigenvalue weighted by Gasteiger charge is -2.38. The lowest BCUT2D eigenvalue weighted by molar-refractivity contribution is -0.158. The smallest absolute Gasteiger partial charge is 0.394 e. The van der Waals surface area contributed by atoms with E-state index in [4.69, 9.17) is 5.11 Å². The van der Waals surface area contributed by atoms with Gasteiger partial charge >= 0.3 is 11.9 Å². The van der Waals surface area contributed by atoms with Gasteiger partial charge in [0.25, 0.3) is 0 Å². The lowest BCUT2D eigenvalue weighted by atomic mass is 9.89. The Bertz CT molecular complexity index is 740. The van der Waals surface area contributed by atoms with Gasteiger partial charge in [0.05, 0.1) is 21.3 Å². The zero-order valence-corrected chi connectivity index (χ0v) is 13.4. The third kappa shape index (κ3) is 2.70. The largest absolute Gasteiger partial charge is 0.474 e. The van der Waals surface area contributed by atoms with Gasteiger partial charge in [-0.25, -0.2) is 9.78 Å². The summed E-state index contributed by atoms with van der Waals surface area (Å²) in [5.74, 6) is -1.87. The van der Waals surface area contributed by atoms with E-state index < -0.39 is 11.9 Å². The van der Waals surface area contributed by atoms with Crippen LogP contribution in [0.3, 0.4) is 0 Å². The van der Waals surface area contributed by atoms with Gasteiger partial charge < -0.3 is 10.0 Å². The summed E-state index contributed by atoms with van der Waals surface area (Å²) < 4.78 is 1.11. The highest BCUT2D eigenvalue weighted by Crippen LogP contribution is 2.35. The maximum atomic E-state index is 12.0. The van der Waals surface area contributed by atoms with Crippen LogP contribution in [-0.2, 0) is 9.59 Å². The van der Waals surface area contributed by atoms with E-state index in [-0.39, 0.29) is 6.04 Å². The van der Waals surface area contributed by atoms with Crippen LogP contribution < -0.4 is 0 Å². The van der Waals surface area contributed by atoms with Crippen molar-refractivity contribution in [1.82, 2.24) is 9.88 Å². The Morgan fingerprint density at radius 1 is 1.36 bits per heavy atom. The molecule has 0 spiro atoms. The van der Waals surface area contributed by atoms with Gasteiger partial charge in [0, 0.05) is 6.54 Å². The van der Waals surface area contributed by atoms with Crippen LogP contribution in [0.25, 0.3) is 10.2 Å². The van der Waals surface area contributed by atoms with Gasteiger partial charge in [0.15, 0.2) is 0 Å². The highest BCUT2D eigenvalue weighted by Gasteiger charge is 2.34. The second-order valence-corrected chi connectivity index (χ2v) is 7.16. The number of aryl methyl sites for hydroxylation is 1. The molecule has 0 saturated carbocycles. The third-order valence-corrected chi connectivity index (χ3v) is 5.12. The molecule has 2 atom stereocenters. The number of nitrogens with zero attached hydrogens (tertiary/aromatic N) is 2. The van der Waals surface area contributed by atoms with Gasteiger partial charge in [-0.1, -0.05) is 13.0 Å². The van der Waals surface area contributed by atoms with Gasteiger partial charge in [-0.2, -0.15) is 0 Å². The highest BCUT2D eigenvalue weighted by atomic mass is 32.1. The number of carboxylic acids is 1. The molecular weight excluding hydrogens is 300 g/mol. The fourth-order valence-corrected chi connectivity index (χ4v) is 3.92. The number of carboxylic acid groups (broad SMARTS) is 1. The molecule has 1 N–H and O–H groups in total. The number of benzene rings is 1. The summed E-state index contributed by atoms with van der Waals surface area (Å²) in [6.07, 6.45) is 1.77. The average Bonchev–Trinajstić information content (AvgIpc) is 2.85. The number of carbonyl (C=O) groups excluding carboxylic acids is 1. The number of aromatic nitrogens is 1. The SMILES string of the molecule is Cc1nc2cc(C3CCC(C)CN3C(=O)C(=O)O)ccc2s1. The molecule has 0 radical (unpaired) electrons. The molecule has 1 aliphatic rings. The summed E-state index contributed by atoms with van der Waals surface area (Å²) in [6, 6.07) is 5.81. The fourth-order valence-electron chi connectivity index (χ4n) is 3.11. The molecule has 1 fully saturated rings. The predicted molar refractivity (Wildman–Crippen MR) is 84.8 cm³/mol. The van der Waals surface area contributed by atoms with E-state index in [1.807, 2.05) is 32.0 Å². The van der Waals surface area contributed by atoms with Crippen molar-refractivity contribution in [3.05, 3.63) is 28.8 Å². The molecule has 2 heterocycles. The first-order valence-corrected chi connectivity index (χ1v) is 8.18. The van der Waals surface area contributed by atoms with E-state index in [0.717, 1.165) is 33.6 Å². The Balaban J connectivity index is 1.97. The molecule has 2 aromatic rings. The average molecular weight is 318 g/mol. The Kier molecular flexibility index (Phi) is 3.87. The summed E-state index contributed by atoms with van der Waals surface area (Å²) in [5, 5.41) is 10.1. The Morgan fingerprint density at radius 3 is 2.86 bits per heavy atom. The molecule has 2 unspecified atom stereocenters. The van der Waals surface area contributed by atoms with Crippen molar-refractivity contribution in [1.29, 1.82) is 0 Å². The molecule has 1 aromatic carbocycles. The van der Waals surface area contributed by atoms with Crippen molar-refractivity contribution < 1.29 is 14.7 Å². The summed E-state index contributed by atoms with van der Waals surface area (Å²) in [4.78, 5) is 29.1. The minimum atomic E-state index is -1.38. The first-order valence-electron chi connectivity index (χ1n) is 7.36. The van der Waals surface area contributed by atoms with Crippen LogP contribution in [0.4, 0.5) is 0 Å². The van der Waals surface area contributed by atoms with Gasteiger partial charge in [-0.3, -0.25) is 4.79 Å². The number of piperidine rings is 1. The lowest BCUT2D eigenvalue weighted by Crippen LogP contribution is -2.44. The summed E-state index contributed by atoms with van der Waals surface area (Å²) in [6.45, 7) is 4.50. The van der Waals surface area contributed by atoms with E-state index in [0.29, 0.717) is 12.5 Å². The van der Waals surface area contributed by atoms with Gasteiger partial charge in [0.2, 0.25) is 0 Å². The van der Waals surface area contributed by atoms with Crippen LogP contribution in [0.2, 0.25) is 0 Å². The molecule has 0 bridgehead atoms. The highest BCUT2D eigenvalue weighted by molar-refractivity contribution is 7.18. The van der Waals surface area contributed by atoms with Crippen molar-refractivity contribution in [2.75, 3.05) is 6.54 Å². The molecular formula is C16H18N2O3S. The van der Waals surface area contributed by atoms with Gasteiger partial charge in [-0.05, 0) is 43.4 Å². The number of rotatable bonds is 1. The zero-order valence-electron chi connectivity index (χ0n) is 12.6. The maximum absolute atomic E-state index is 12.0. The summed E-state index contributed by atoms with van der Waals surface area (Å²) >= 11 is 1.63. The molecule has 6 heteroatoms. The summed E-state index contributed by atoms with van der Waals surface area (Å²) in [7, 11) is 0. The van der Waals surface area contributed by atoms with Gasteiger partial charge in [-0.15, -0.1) is 11.3 Å². The Labute approximate surface area is 132 Å². The maximum Gasteiger partial charge on any atom is 0.394 e. The minimum Gasteiger partial charge on any atom is -0.474 e. The second kappa shape index (κ2) is 5.68. The van der Waals surface area contributed by atoms with Crippen molar-refractivity contribution in [3.8, 4) is 0 Å². The standard InChI is InChI=1S/C16H18N2O3S/c1-9-3-5-13(18(8-9)15(19)16(20)21)11-4-6-14-12(7-11)17-10(2)22-14/h4,6-7,9,13H,3,5,8H2,1-2H3,(H,20,21). The van der Waals surface area contributed by atoms with Crippen LogP contribution in [-0.4, -0.2) is 33.4 Å². The quantitative estimate of drug-likeness (QED) is 0.821. The monoisotopic (exact) mass is 318 g/mol. The van der Waals surface area contributed by atoms with E-state index in [1.165, 1.54) is 4.90 Å². The predicted octanol–water partition coefficient (Wildman–Crippen LogP) is 2.99. The van der Waals surface area contributed by atoms with E-state index in [1.54, 1.807) is 11.3 Å². The van der Waals surface area contributed by atoms with Crippen LogP contribution >= 0.6 is 11.3 Å². The van der Waals surface area contributed by atoms with E-state index >= 15 is 0 Å². The molecule has 1 amide bonds. The number of amides is 1. The van der Waals surface area contributed by atoms with Crippen molar-refractivity contribution in [2.24, 2.45) is 5.92 Å². The van der Waals surface area contributed by atoms with Crippen LogP contribution in [0, 0.1) is 12.8 Å². The van der Waals surface area contributed by atoms with Gasteiger partial charge in [0.1, 0.15) is 0 Å². The molecule has 1 aromatic heterocycles. The van der Waals surface area contributed by atoms with Crippen molar-refractivity contribution in [2.45, 2.75) is 32.7 Å². The molecule has 1 saturated heterocycles. The first kappa shape index (κ1) is 15.0. The fraction of sp³-hybridized carbons (Fsp3) is 0.438. The third-order valence-electron chi connectivity index (χ3n) is 4.16. The molecule has 0 aliphatic carbocycles. The van der Waals surface area contributed by atoms with E-state index in [9.17, 15) is 9.59 Å². The molecule has 22 heavy (non-hydrogen) atoms. The number of hydrogen-bond donors (Lipinski definition) is 1. The Hall–Kier alpha value is -1.95. The minimum absolute atomic E-state index is 0.175. The molecule has 5 nitrogen and oxygen atoms in total. The number of fused-ring (bicyclic) bond motifs is 1. The number of likely N-dealkylation sites (tertiary alicyclic amines) is 1. The Morgan fingerprint density at radius 2 is 2.14 bits per heavy atom. The molecule has 3 rings (SSSR count). The topological polar surface area (TPSA) is 70.5 Å². The van der Waals surface area contributed by atoms with Crippen LogP contribution in [0.5, 0.6) is 0 Å². The van der Waals surface area contributed by atoms with E-state index in [2.05, 4.69) is 4.98 Å². The zero-order chi connectivity index (χ0) is 15.9. The van der Waals surface area contributed by atoms with Crippen molar-refractivity contribution in [3.63, 3.8) is 0 Å². The summed E-state index contributed by atoms with van der Waals surface area (Å²) in [5.41, 5.74) is 1.89. The normalized spacial score (nSPS) is 22.0. The molecule has 116 valence electrons. The number of carbonyl (C=O) groups is 2. The van der Waals surface area contributed by atoms with Crippen LogP contribution in [0.15, 0.2) is 18.2 Å². The molecule has 1 aliphatic heterocycles. The first-order chi connectivity index (χ1) is 10.5. The number of hydrogen-bond acceptors (Lipinski definition) is 4. The number of aliphatic carboxylic acids is 1. The second-order valence-electron chi connectivity index (χ2n) is 5.92. The van der Waals surface area contributed by atoms with Crippen LogP contribution in [0.1, 0.15) is 36.4 Å².